The van der Waals surface area contributed by atoms with Gasteiger partial charge in [0.25, 0.3) is 0 Å². The molecule has 0 amide bonds. The van der Waals surface area contributed by atoms with E-state index in [1.807, 2.05) is 6.07 Å². The molecule has 0 saturated carbocycles. The number of hydrogen-bond donors (Lipinski definition) is 0. The monoisotopic (exact) mass is 144 g/mol. The van der Waals surface area contributed by atoms with Crippen molar-refractivity contribution in [2.75, 3.05) is 0 Å². The van der Waals surface area contributed by atoms with Crippen molar-refractivity contribution in [2.24, 2.45) is 0 Å². The van der Waals surface area contributed by atoms with Crippen LogP contribution in [0.2, 0.25) is 0 Å². The second-order valence-corrected chi connectivity index (χ2v) is 2.58. The molecule has 0 atom stereocenters. The maximum Gasteiger partial charge on any atom is 0.0659 e. The molecule has 1 nitrogen and oxygen atoms in total. The highest BCUT2D eigenvalue weighted by atomic mass is 14.9. The molecule has 11 heavy (non-hydrogen) atoms. The Morgan fingerprint density at radius 2 is 2.18 bits per heavy atom. The minimum Gasteiger partial charge on any atom is -0.340 e. The van der Waals surface area contributed by atoms with Gasteiger partial charge in [0.1, 0.15) is 0 Å². The Balaban J connectivity index is 2.76. The Morgan fingerprint density at radius 1 is 1.36 bits per heavy atom. The minimum atomic E-state index is 0.994. The molecule has 0 saturated heterocycles. The van der Waals surface area contributed by atoms with Gasteiger partial charge in [-0.05, 0) is 19.1 Å². The Hall–Kier alpha value is -1.24. The third-order valence-electron chi connectivity index (χ3n) is 1.92. The van der Waals surface area contributed by atoms with E-state index in [9.17, 15) is 0 Å². The zero-order valence-corrected chi connectivity index (χ0v) is 6.54. The van der Waals surface area contributed by atoms with Crippen LogP contribution in [0.3, 0.4) is 0 Å². The van der Waals surface area contributed by atoms with Crippen molar-refractivity contribution < 1.29 is 0 Å². The minimum absolute atomic E-state index is 0.994. The van der Waals surface area contributed by atoms with Gasteiger partial charge in [-0.2, -0.15) is 0 Å². The number of aryl methyl sites for hydroxylation is 1. The Morgan fingerprint density at radius 3 is 3.00 bits per heavy atom. The average molecular weight is 144 g/mol. The van der Waals surface area contributed by atoms with Crippen LogP contribution in [0, 0.1) is 6.20 Å². The molecule has 0 aliphatic carbocycles. The molecule has 2 aromatic rings. The molecule has 1 aromatic carbocycles. The predicted octanol–water partition coefficient (Wildman–Crippen LogP) is 2.46. The van der Waals surface area contributed by atoms with Crippen LogP contribution in [0.4, 0.5) is 0 Å². The summed E-state index contributed by atoms with van der Waals surface area (Å²) in [6.07, 6.45) is 3.18. The molecular formula is C10H10N. The fourth-order valence-corrected chi connectivity index (χ4v) is 1.33. The van der Waals surface area contributed by atoms with Gasteiger partial charge in [0.15, 0.2) is 0 Å². The van der Waals surface area contributed by atoms with Crippen molar-refractivity contribution in [3.05, 3.63) is 36.5 Å². The van der Waals surface area contributed by atoms with Crippen LogP contribution in [0.1, 0.15) is 6.92 Å². The summed E-state index contributed by atoms with van der Waals surface area (Å²) in [5.41, 5.74) is 1.27. The second kappa shape index (κ2) is 2.42. The quantitative estimate of drug-likeness (QED) is 0.579. The summed E-state index contributed by atoms with van der Waals surface area (Å²) < 4.78 is 2.12. The van der Waals surface area contributed by atoms with Crippen molar-refractivity contribution in [1.82, 2.24) is 4.57 Å². The van der Waals surface area contributed by atoms with Crippen LogP contribution in [0.25, 0.3) is 10.9 Å². The zero-order chi connectivity index (χ0) is 7.68. The van der Waals surface area contributed by atoms with Crippen LogP contribution in [-0.2, 0) is 6.54 Å². The van der Waals surface area contributed by atoms with E-state index < -0.39 is 0 Å². The van der Waals surface area contributed by atoms with Crippen molar-refractivity contribution >= 4 is 10.9 Å². The Labute approximate surface area is 66.3 Å². The summed E-state index contributed by atoms with van der Waals surface area (Å²) in [7, 11) is 0. The van der Waals surface area contributed by atoms with E-state index in [2.05, 4.69) is 42.0 Å². The second-order valence-electron chi connectivity index (χ2n) is 2.58. The summed E-state index contributed by atoms with van der Waals surface area (Å²) in [6.45, 7) is 3.12. The van der Waals surface area contributed by atoms with Gasteiger partial charge in [-0.1, -0.05) is 18.2 Å². The van der Waals surface area contributed by atoms with Gasteiger partial charge < -0.3 is 4.57 Å². The smallest absolute Gasteiger partial charge is 0.0659 e. The average Bonchev–Trinajstić information content (AvgIpc) is 2.47. The molecule has 0 bridgehead atoms. The van der Waals surface area contributed by atoms with Gasteiger partial charge in [-0.15, -0.1) is 0 Å². The SMILES string of the molecule is CCn1[c]cc2ccccc21. The lowest BCUT2D eigenvalue weighted by atomic mass is 10.2. The van der Waals surface area contributed by atoms with Crippen LogP contribution in [0.5, 0.6) is 0 Å². The molecule has 2 rings (SSSR count). The van der Waals surface area contributed by atoms with E-state index in [4.69, 9.17) is 0 Å². The highest BCUT2D eigenvalue weighted by Gasteiger charge is 1.95. The Bertz CT molecular complexity index is 360. The summed E-state index contributed by atoms with van der Waals surface area (Å²) in [4.78, 5) is 0. The molecule has 0 fully saturated rings. The molecular weight excluding hydrogens is 134 g/mol. The number of nitrogens with zero attached hydrogens (tertiary/aromatic N) is 1. The molecule has 1 aromatic heterocycles. The summed E-state index contributed by atoms with van der Waals surface area (Å²) in [6, 6.07) is 10.4. The van der Waals surface area contributed by atoms with Crippen LogP contribution in [-0.4, -0.2) is 4.57 Å². The lowest BCUT2D eigenvalue weighted by molar-refractivity contribution is 0.792. The van der Waals surface area contributed by atoms with E-state index in [1.165, 1.54) is 10.9 Å². The number of aromatic nitrogens is 1. The fourth-order valence-electron chi connectivity index (χ4n) is 1.33. The van der Waals surface area contributed by atoms with Crippen molar-refractivity contribution in [1.29, 1.82) is 0 Å². The van der Waals surface area contributed by atoms with Gasteiger partial charge in [0.05, 0.1) is 6.20 Å². The largest absolute Gasteiger partial charge is 0.340 e. The molecule has 1 heterocycles. The third-order valence-corrected chi connectivity index (χ3v) is 1.92. The normalized spacial score (nSPS) is 10.6. The van der Waals surface area contributed by atoms with Gasteiger partial charge in [-0.3, -0.25) is 0 Å². The first-order valence-electron chi connectivity index (χ1n) is 3.88. The first-order chi connectivity index (χ1) is 5.42. The van der Waals surface area contributed by atoms with Crippen molar-refractivity contribution in [2.45, 2.75) is 13.5 Å². The fraction of sp³-hybridized carbons (Fsp3) is 0.200. The molecule has 1 heteroatoms. The Kier molecular flexibility index (Phi) is 1.42. The highest BCUT2D eigenvalue weighted by molar-refractivity contribution is 5.79. The molecule has 1 radical (unpaired) electrons. The van der Waals surface area contributed by atoms with Crippen molar-refractivity contribution in [3.63, 3.8) is 0 Å². The van der Waals surface area contributed by atoms with E-state index in [1.54, 1.807) is 0 Å². The molecule has 55 valence electrons. The number of rotatable bonds is 1. The van der Waals surface area contributed by atoms with Gasteiger partial charge in [-0.25, -0.2) is 0 Å². The lowest BCUT2D eigenvalue weighted by Gasteiger charge is -1.97. The van der Waals surface area contributed by atoms with Gasteiger partial charge in [0.2, 0.25) is 0 Å². The molecule has 0 N–H and O–H groups in total. The van der Waals surface area contributed by atoms with E-state index in [-0.39, 0.29) is 0 Å². The summed E-state index contributed by atoms with van der Waals surface area (Å²) >= 11 is 0. The summed E-state index contributed by atoms with van der Waals surface area (Å²) in [5.74, 6) is 0. The topological polar surface area (TPSA) is 4.93 Å². The number of hydrogen-bond acceptors (Lipinski definition) is 0. The molecule has 0 unspecified atom stereocenters. The number of fused-ring (bicyclic) bond motifs is 1. The van der Waals surface area contributed by atoms with E-state index >= 15 is 0 Å². The summed E-state index contributed by atoms with van der Waals surface area (Å²) in [5, 5.41) is 1.27. The van der Waals surface area contributed by atoms with Crippen LogP contribution < -0.4 is 0 Å². The maximum absolute atomic E-state index is 3.18. The molecule has 0 aliphatic heterocycles. The maximum atomic E-state index is 3.18. The van der Waals surface area contributed by atoms with Gasteiger partial charge in [0, 0.05) is 17.4 Å². The third kappa shape index (κ3) is 0.929. The standard InChI is InChI=1S/C10H10N/c1-2-11-8-7-9-5-3-4-6-10(9)11/h3-7H,2H2,1H3. The number of para-hydroxylation sites is 1. The lowest BCUT2D eigenvalue weighted by Crippen LogP contribution is -1.89. The van der Waals surface area contributed by atoms with Crippen molar-refractivity contribution in [3.8, 4) is 0 Å². The number of benzene rings is 1. The van der Waals surface area contributed by atoms with E-state index in [0.717, 1.165) is 6.54 Å². The van der Waals surface area contributed by atoms with Crippen LogP contribution in [0.15, 0.2) is 30.3 Å². The molecule has 0 aliphatic rings. The highest BCUT2D eigenvalue weighted by Crippen LogP contribution is 2.13. The molecule has 0 spiro atoms. The van der Waals surface area contributed by atoms with Crippen LogP contribution >= 0.6 is 0 Å². The first-order valence-corrected chi connectivity index (χ1v) is 3.88. The predicted molar refractivity (Wildman–Crippen MR) is 46.4 cm³/mol. The first kappa shape index (κ1) is 6.47. The zero-order valence-electron chi connectivity index (χ0n) is 6.54. The van der Waals surface area contributed by atoms with Gasteiger partial charge >= 0.3 is 0 Å². The van der Waals surface area contributed by atoms with E-state index in [0.29, 0.717) is 0 Å².